The molecule has 2 rings (SSSR count). The number of carbonyl (C=O) groups is 1. The van der Waals surface area contributed by atoms with Crippen LogP contribution in [-0.2, 0) is 11.3 Å². The number of aryl methyl sites for hydroxylation is 1. The molecule has 0 spiro atoms. The number of rotatable bonds is 7. The first-order valence-electron chi connectivity index (χ1n) is 7.04. The van der Waals surface area contributed by atoms with Crippen LogP contribution in [-0.4, -0.2) is 30.7 Å². The Morgan fingerprint density at radius 3 is 2.90 bits per heavy atom. The number of fused-ring (bicyclic) bond motifs is 1. The third-order valence-electron chi connectivity index (χ3n) is 3.18. The number of amides is 1. The molecule has 1 N–H and O–H groups in total. The van der Waals surface area contributed by atoms with Gasteiger partial charge >= 0.3 is 0 Å². The molecular formula is C16H22N2O3. The van der Waals surface area contributed by atoms with Gasteiger partial charge in [0, 0.05) is 38.9 Å². The summed E-state index contributed by atoms with van der Waals surface area (Å²) in [5.41, 5.74) is 3.25. The summed E-state index contributed by atoms with van der Waals surface area (Å²) < 4.78 is 12.5. The number of methoxy groups -OCH3 is 1. The molecule has 2 aromatic heterocycles. The zero-order valence-corrected chi connectivity index (χ0v) is 12.9. The zero-order chi connectivity index (χ0) is 15.4. The van der Waals surface area contributed by atoms with E-state index in [4.69, 9.17) is 9.15 Å². The topological polar surface area (TPSA) is 56.4 Å². The third kappa shape index (κ3) is 3.55. The zero-order valence-electron chi connectivity index (χ0n) is 12.9. The van der Waals surface area contributed by atoms with Crippen LogP contribution in [0.15, 0.2) is 28.7 Å². The average Bonchev–Trinajstić information content (AvgIpc) is 2.92. The van der Waals surface area contributed by atoms with Gasteiger partial charge in [0.15, 0.2) is 5.58 Å². The molecule has 0 fully saturated rings. The number of furan rings is 1. The molecule has 1 amide bonds. The van der Waals surface area contributed by atoms with Crippen molar-refractivity contribution in [3.63, 3.8) is 0 Å². The molecule has 0 saturated carbocycles. The van der Waals surface area contributed by atoms with Gasteiger partial charge in [0.2, 0.25) is 0 Å². The van der Waals surface area contributed by atoms with E-state index in [9.17, 15) is 4.79 Å². The molecule has 2 heterocycles. The quantitative estimate of drug-likeness (QED) is 0.630. The molecule has 5 heteroatoms. The minimum absolute atomic E-state index is 0.101. The highest BCUT2D eigenvalue weighted by Gasteiger charge is 2.18. The molecule has 0 aromatic carbocycles. The lowest BCUT2D eigenvalue weighted by Crippen LogP contribution is -2.27. The highest BCUT2D eigenvalue weighted by molar-refractivity contribution is 5.97. The van der Waals surface area contributed by atoms with E-state index in [0.717, 1.165) is 28.9 Å². The van der Waals surface area contributed by atoms with Crippen LogP contribution in [0.1, 0.15) is 29.6 Å². The maximum absolute atomic E-state index is 12.3. The van der Waals surface area contributed by atoms with Crippen molar-refractivity contribution in [1.82, 2.24) is 9.88 Å². The summed E-state index contributed by atoms with van der Waals surface area (Å²) in [5.74, 6) is 0.735. The van der Waals surface area contributed by atoms with Gasteiger partial charge in [0.25, 0.3) is 5.91 Å². The minimum atomic E-state index is -0.101. The van der Waals surface area contributed by atoms with E-state index in [1.807, 2.05) is 24.5 Å². The summed E-state index contributed by atoms with van der Waals surface area (Å²) >= 11 is 0. The highest BCUT2D eigenvalue weighted by atomic mass is 16.5. The van der Waals surface area contributed by atoms with E-state index in [1.165, 1.54) is 0 Å². The van der Waals surface area contributed by atoms with E-state index in [2.05, 4.69) is 11.9 Å². The van der Waals surface area contributed by atoms with Gasteiger partial charge in [-0.15, -0.1) is 0 Å². The fraction of sp³-hybridized carbons (Fsp3) is 0.438. The maximum atomic E-state index is 12.3. The Morgan fingerprint density at radius 2 is 2.24 bits per heavy atom. The Labute approximate surface area is 124 Å². The van der Waals surface area contributed by atoms with Crippen LogP contribution in [0.2, 0.25) is 0 Å². The Bertz CT molecular complexity index is 652. The lowest BCUT2D eigenvalue weighted by molar-refractivity contribution is 0.0940. The number of allylic oxidation sites excluding steroid dienone is 1. The second-order valence-corrected chi connectivity index (χ2v) is 5.28. The summed E-state index contributed by atoms with van der Waals surface area (Å²) in [6.45, 7) is 9.60. The number of hydrogen-bond acceptors (Lipinski definition) is 3. The summed E-state index contributed by atoms with van der Waals surface area (Å²) in [6, 6.07) is 3.73. The number of carbonyl (C=O) groups excluding carboxylic acids is 1. The lowest BCUT2D eigenvalue weighted by atomic mass is 10.3. The fourth-order valence-electron chi connectivity index (χ4n) is 2.30. The van der Waals surface area contributed by atoms with Crippen molar-refractivity contribution in [3.05, 3.63) is 35.7 Å². The normalized spacial score (nSPS) is 11.0. The lowest BCUT2D eigenvalue weighted by Gasteiger charge is -2.10. The van der Waals surface area contributed by atoms with Crippen LogP contribution in [0, 0.1) is 6.92 Å². The van der Waals surface area contributed by atoms with Crippen LogP contribution in [0.3, 0.4) is 0 Å². The second kappa shape index (κ2) is 6.63. The van der Waals surface area contributed by atoms with Crippen LogP contribution < -0.4 is 5.32 Å². The van der Waals surface area contributed by atoms with E-state index in [1.54, 1.807) is 13.2 Å². The highest BCUT2D eigenvalue weighted by Crippen LogP contribution is 2.24. The summed E-state index contributed by atoms with van der Waals surface area (Å²) in [4.78, 5) is 12.3. The van der Waals surface area contributed by atoms with Crippen molar-refractivity contribution in [1.29, 1.82) is 0 Å². The van der Waals surface area contributed by atoms with E-state index >= 15 is 0 Å². The summed E-state index contributed by atoms with van der Waals surface area (Å²) in [5, 5.41) is 2.90. The molecule has 0 unspecified atom stereocenters. The standard InChI is InChI=1S/C16H22N2O3/c1-11(2)10-18-13-8-12(3)21-15(13)9-14(18)16(19)17-6-5-7-20-4/h8-9H,1,5-7,10H2,2-4H3,(H,17,19). The first kappa shape index (κ1) is 15.4. The molecule has 114 valence electrons. The van der Waals surface area contributed by atoms with Gasteiger partial charge in [-0.3, -0.25) is 4.79 Å². The molecule has 0 atom stereocenters. The Balaban J connectivity index is 2.23. The summed E-state index contributed by atoms with van der Waals surface area (Å²) in [7, 11) is 1.65. The number of ether oxygens (including phenoxy) is 1. The SMILES string of the molecule is C=C(C)Cn1c(C(=O)NCCCOC)cc2oc(C)cc21. The maximum Gasteiger partial charge on any atom is 0.268 e. The molecule has 2 aromatic rings. The van der Waals surface area contributed by atoms with Gasteiger partial charge < -0.3 is 19.0 Å². The molecule has 0 aliphatic rings. The van der Waals surface area contributed by atoms with Crippen molar-refractivity contribution in [2.75, 3.05) is 20.3 Å². The van der Waals surface area contributed by atoms with Gasteiger partial charge in [-0.1, -0.05) is 12.2 Å². The average molecular weight is 290 g/mol. The Kier molecular flexibility index (Phi) is 4.85. The van der Waals surface area contributed by atoms with Crippen molar-refractivity contribution in [3.8, 4) is 0 Å². The second-order valence-electron chi connectivity index (χ2n) is 5.28. The van der Waals surface area contributed by atoms with Crippen LogP contribution >= 0.6 is 0 Å². The van der Waals surface area contributed by atoms with E-state index in [-0.39, 0.29) is 5.91 Å². The molecule has 0 aliphatic carbocycles. The first-order valence-corrected chi connectivity index (χ1v) is 7.04. The number of nitrogens with one attached hydrogen (secondary N) is 1. The number of aromatic nitrogens is 1. The van der Waals surface area contributed by atoms with Crippen molar-refractivity contribution in [2.45, 2.75) is 26.8 Å². The molecule has 5 nitrogen and oxygen atoms in total. The molecule has 0 radical (unpaired) electrons. The van der Waals surface area contributed by atoms with E-state index in [0.29, 0.717) is 25.4 Å². The van der Waals surface area contributed by atoms with Gasteiger partial charge in [-0.2, -0.15) is 0 Å². The molecule has 0 bridgehead atoms. The monoisotopic (exact) mass is 290 g/mol. The van der Waals surface area contributed by atoms with Crippen molar-refractivity contribution < 1.29 is 13.9 Å². The van der Waals surface area contributed by atoms with Crippen LogP contribution in [0.25, 0.3) is 11.1 Å². The smallest absolute Gasteiger partial charge is 0.268 e. The van der Waals surface area contributed by atoms with Gasteiger partial charge in [0.1, 0.15) is 11.5 Å². The number of hydrogen-bond donors (Lipinski definition) is 1. The number of nitrogens with zero attached hydrogens (tertiary/aromatic N) is 1. The Hall–Kier alpha value is -2.01. The van der Waals surface area contributed by atoms with Gasteiger partial charge in [-0.25, -0.2) is 0 Å². The largest absolute Gasteiger partial charge is 0.460 e. The third-order valence-corrected chi connectivity index (χ3v) is 3.18. The first-order chi connectivity index (χ1) is 10.0. The fourth-order valence-corrected chi connectivity index (χ4v) is 2.30. The van der Waals surface area contributed by atoms with Crippen LogP contribution in [0.5, 0.6) is 0 Å². The van der Waals surface area contributed by atoms with Crippen LogP contribution in [0.4, 0.5) is 0 Å². The van der Waals surface area contributed by atoms with Crippen molar-refractivity contribution >= 4 is 17.0 Å². The molecule has 0 saturated heterocycles. The van der Waals surface area contributed by atoms with Gasteiger partial charge in [0.05, 0.1) is 5.52 Å². The predicted octanol–water partition coefficient (Wildman–Crippen LogP) is 2.89. The molecule has 0 aliphatic heterocycles. The predicted molar refractivity (Wildman–Crippen MR) is 82.6 cm³/mol. The van der Waals surface area contributed by atoms with Crippen molar-refractivity contribution in [2.24, 2.45) is 0 Å². The van der Waals surface area contributed by atoms with E-state index < -0.39 is 0 Å². The Morgan fingerprint density at radius 1 is 1.48 bits per heavy atom. The summed E-state index contributed by atoms with van der Waals surface area (Å²) in [6.07, 6.45) is 0.790. The van der Waals surface area contributed by atoms with Gasteiger partial charge in [-0.05, 0) is 20.3 Å². The molecular weight excluding hydrogens is 268 g/mol. The minimum Gasteiger partial charge on any atom is -0.460 e. The molecule has 21 heavy (non-hydrogen) atoms.